The SMILES string of the molecule is Cc1noc(-c2ccc(C(=O)NCCc3ccccn3)cc2)n1. The molecule has 1 amide bonds. The molecule has 1 N–H and O–H groups in total. The van der Waals surface area contributed by atoms with Gasteiger partial charge in [0, 0.05) is 36.0 Å². The zero-order valence-electron chi connectivity index (χ0n) is 12.7. The lowest BCUT2D eigenvalue weighted by atomic mass is 10.1. The fourth-order valence-electron chi connectivity index (χ4n) is 2.13. The van der Waals surface area contributed by atoms with Gasteiger partial charge in [0.05, 0.1) is 0 Å². The number of nitrogens with zero attached hydrogens (tertiary/aromatic N) is 3. The third-order valence-corrected chi connectivity index (χ3v) is 3.31. The molecule has 0 aliphatic heterocycles. The Hall–Kier alpha value is -3.02. The van der Waals surface area contributed by atoms with Gasteiger partial charge in [-0.05, 0) is 43.3 Å². The Morgan fingerprint density at radius 3 is 2.65 bits per heavy atom. The van der Waals surface area contributed by atoms with Gasteiger partial charge in [0.1, 0.15) is 0 Å². The van der Waals surface area contributed by atoms with Gasteiger partial charge >= 0.3 is 0 Å². The number of benzene rings is 1. The standard InChI is InChI=1S/C17H16N4O2/c1-12-20-17(23-21-12)14-7-5-13(6-8-14)16(22)19-11-9-15-4-2-3-10-18-15/h2-8,10H,9,11H2,1H3,(H,19,22). The molecule has 6 nitrogen and oxygen atoms in total. The highest BCUT2D eigenvalue weighted by Crippen LogP contribution is 2.17. The summed E-state index contributed by atoms with van der Waals surface area (Å²) in [6.07, 6.45) is 2.45. The van der Waals surface area contributed by atoms with Gasteiger partial charge in [0.2, 0.25) is 0 Å². The van der Waals surface area contributed by atoms with E-state index in [-0.39, 0.29) is 5.91 Å². The molecule has 1 aromatic carbocycles. The van der Waals surface area contributed by atoms with E-state index in [1.165, 1.54) is 0 Å². The van der Waals surface area contributed by atoms with E-state index in [0.29, 0.717) is 30.2 Å². The van der Waals surface area contributed by atoms with Crippen molar-refractivity contribution in [2.75, 3.05) is 6.54 Å². The summed E-state index contributed by atoms with van der Waals surface area (Å²) in [4.78, 5) is 20.5. The number of aromatic nitrogens is 3. The van der Waals surface area contributed by atoms with Gasteiger partial charge in [-0.25, -0.2) is 0 Å². The van der Waals surface area contributed by atoms with Gasteiger partial charge in [0.15, 0.2) is 5.82 Å². The van der Waals surface area contributed by atoms with Crippen molar-refractivity contribution in [3.8, 4) is 11.5 Å². The van der Waals surface area contributed by atoms with Crippen molar-refractivity contribution in [2.45, 2.75) is 13.3 Å². The number of carbonyl (C=O) groups excluding carboxylic acids is 1. The number of rotatable bonds is 5. The van der Waals surface area contributed by atoms with Crippen LogP contribution in [0.4, 0.5) is 0 Å². The average molecular weight is 308 g/mol. The molecule has 3 aromatic rings. The minimum absolute atomic E-state index is 0.116. The van der Waals surface area contributed by atoms with E-state index < -0.39 is 0 Å². The second-order valence-corrected chi connectivity index (χ2v) is 5.05. The molecule has 0 radical (unpaired) electrons. The molecule has 0 bridgehead atoms. The molecular formula is C17H16N4O2. The summed E-state index contributed by atoms with van der Waals surface area (Å²) >= 11 is 0. The molecular weight excluding hydrogens is 292 g/mol. The van der Waals surface area contributed by atoms with Crippen LogP contribution >= 0.6 is 0 Å². The zero-order chi connectivity index (χ0) is 16.1. The van der Waals surface area contributed by atoms with Crippen molar-refractivity contribution in [3.05, 3.63) is 65.7 Å². The summed E-state index contributed by atoms with van der Waals surface area (Å²) in [7, 11) is 0. The maximum absolute atomic E-state index is 12.1. The van der Waals surface area contributed by atoms with E-state index >= 15 is 0 Å². The molecule has 0 atom stereocenters. The lowest BCUT2D eigenvalue weighted by Crippen LogP contribution is -2.25. The molecule has 3 rings (SSSR count). The monoisotopic (exact) mass is 308 g/mol. The lowest BCUT2D eigenvalue weighted by Gasteiger charge is -2.05. The van der Waals surface area contributed by atoms with E-state index in [2.05, 4.69) is 20.4 Å². The van der Waals surface area contributed by atoms with Crippen LogP contribution in [0.2, 0.25) is 0 Å². The van der Waals surface area contributed by atoms with E-state index in [1.54, 1.807) is 37.4 Å². The Bertz CT molecular complexity index is 782. The summed E-state index contributed by atoms with van der Waals surface area (Å²) in [6, 6.07) is 12.8. The molecule has 23 heavy (non-hydrogen) atoms. The summed E-state index contributed by atoms with van der Waals surface area (Å²) in [5.41, 5.74) is 2.33. The number of carbonyl (C=O) groups is 1. The van der Waals surface area contributed by atoms with Gasteiger partial charge < -0.3 is 9.84 Å². The van der Waals surface area contributed by atoms with E-state index in [9.17, 15) is 4.79 Å². The smallest absolute Gasteiger partial charge is 0.257 e. The molecule has 0 fully saturated rings. The number of pyridine rings is 1. The fraction of sp³-hybridized carbons (Fsp3) is 0.176. The van der Waals surface area contributed by atoms with Gasteiger partial charge in [-0.15, -0.1) is 0 Å². The summed E-state index contributed by atoms with van der Waals surface area (Å²) < 4.78 is 5.10. The maximum atomic E-state index is 12.1. The van der Waals surface area contributed by atoms with E-state index in [4.69, 9.17) is 4.52 Å². The quantitative estimate of drug-likeness (QED) is 0.783. The summed E-state index contributed by atoms with van der Waals surface area (Å²) in [5.74, 6) is 0.912. The molecule has 2 aromatic heterocycles. The highest BCUT2D eigenvalue weighted by atomic mass is 16.5. The number of nitrogens with one attached hydrogen (secondary N) is 1. The van der Waals surface area contributed by atoms with Gasteiger partial charge in [0.25, 0.3) is 11.8 Å². The molecule has 2 heterocycles. The van der Waals surface area contributed by atoms with Crippen molar-refractivity contribution >= 4 is 5.91 Å². The Morgan fingerprint density at radius 1 is 1.17 bits per heavy atom. The predicted octanol–water partition coefficient (Wildman–Crippen LogP) is 2.41. The molecule has 0 saturated heterocycles. The van der Waals surface area contributed by atoms with Crippen LogP contribution in [0.1, 0.15) is 21.9 Å². The number of hydrogen-bond donors (Lipinski definition) is 1. The third kappa shape index (κ3) is 3.79. The molecule has 0 aliphatic rings. The minimum Gasteiger partial charge on any atom is -0.352 e. The van der Waals surface area contributed by atoms with Crippen LogP contribution < -0.4 is 5.32 Å². The molecule has 116 valence electrons. The van der Waals surface area contributed by atoms with Gasteiger partial charge in [-0.1, -0.05) is 11.2 Å². The predicted molar refractivity (Wildman–Crippen MR) is 84.7 cm³/mol. The van der Waals surface area contributed by atoms with Crippen LogP contribution in [-0.4, -0.2) is 27.6 Å². The van der Waals surface area contributed by atoms with Crippen molar-refractivity contribution in [3.63, 3.8) is 0 Å². The number of hydrogen-bond acceptors (Lipinski definition) is 5. The zero-order valence-corrected chi connectivity index (χ0v) is 12.7. The average Bonchev–Trinajstić information content (AvgIpc) is 3.02. The van der Waals surface area contributed by atoms with Crippen LogP contribution in [0.3, 0.4) is 0 Å². The van der Waals surface area contributed by atoms with Crippen LogP contribution in [0.5, 0.6) is 0 Å². The molecule has 0 saturated carbocycles. The highest BCUT2D eigenvalue weighted by Gasteiger charge is 2.09. The first-order chi connectivity index (χ1) is 11.2. The Kier molecular flexibility index (Phi) is 4.42. The molecule has 0 aliphatic carbocycles. The minimum atomic E-state index is -0.116. The fourth-order valence-corrected chi connectivity index (χ4v) is 2.13. The van der Waals surface area contributed by atoms with Crippen molar-refractivity contribution in [2.24, 2.45) is 0 Å². The van der Waals surface area contributed by atoms with Crippen molar-refractivity contribution in [1.29, 1.82) is 0 Å². The van der Waals surface area contributed by atoms with E-state index in [1.807, 2.05) is 18.2 Å². The van der Waals surface area contributed by atoms with Crippen molar-refractivity contribution in [1.82, 2.24) is 20.4 Å². The lowest BCUT2D eigenvalue weighted by molar-refractivity contribution is 0.0954. The Balaban J connectivity index is 1.57. The Morgan fingerprint density at radius 2 is 2.00 bits per heavy atom. The second kappa shape index (κ2) is 6.83. The maximum Gasteiger partial charge on any atom is 0.257 e. The molecule has 0 spiro atoms. The molecule has 6 heteroatoms. The third-order valence-electron chi connectivity index (χ3n) is 3.31. The highest BCUT2D eigenvalue weighted by molar-refractivity contribution is 5.94. The van der Waals surface area contributed by atoms with Crippen molar-refractivity contribution < 1.29 is 9.32 Å². The van der Waals surface area contributed by atoms with Crippen LogP contribution in [-0.2, 0) is 6.42 Å². The number of amides is 1. The summed E-state index contributed by atoms with van der Waals surface area (Å²) in [6.45, 7) is 2.30. The first-order valence-electron chi connectivity index (χ1n) is 7.31. The molecule has 0 unspecified atom stereocenters. The Labute approximate surface area is 133 Å². The first-order valence-corrected chi connectivity index (χ1v) is 7.31. The first kappa shape index (κ1) is 14.9. The van der Waals surface area contributed by atoms with Crippen LogP contribution in [0, 0.1) is 6.92 Å². The van der Waals surface area contributed by atoms with Gasteiger partial charge in [-0.2, -0.15) is 4.98 Å². The summed E-state index contributed by atoms with van der Waals surface area (Å²) in [5, 5.41) is 6.63. The normalized spacial score (nSPS) is 10.5. The van der Waals surface area contributed by atoms with Crippen LogP contribution in [0.15, 0.2) is 53.2 Å². The number of aryl methyl sites for hydroxylation is 1. The van der Waals surface area contributed by atoms with E-state index in [0.717, 1.165) is 11.3 Å². The van der Waals surface area contributed by atoms with Gasteiger partial charge in [-0.3, -0.25) is 9.78 Å². The largest absolute Gasteiger partial charge is 0.352 e. The van der Waals surface area contributed by atoms with Crippen LogP contribution in [0.25, 0.3) is 11.5 Å². The topological polar surface area (TPSA) is 80.9 Å². The second-order valence-electron chi connectivity index (χ2n) is 5.05.